The van der Waals surface area contributed by atoms with Gasteiger partial charge in [-0.25, -0.2) is 0 Å². The van der Waals surface area contributed by atoms with E-state index < -0.39 is 0 Å². The van der Waals surface area contributed by atoms with Crippen molar-refractivity contribution in [2.75, 3.05) is 33.4 Å². The van der Waals surface area contributed by atoms with Gasteiger partial charge in [-0.2, -0.15) is 0 Å². The second kappa shape index (κ2) is 8.04. The third-order valence-electron chi connectivity index (χ3n) is 3.47. The Balaban J connectivity index is 2.01. The van der Waals surface area contributed by atoms with Crippen LogP contribution in [0.1, 0.15) is 39.5 Å². The molecule has 0 aromatic carbocycles. The van der Waals surface area contributed by atoms with Crippen LogP contribution in [0.2, 0.25) is 0 Å². The Morgan fingerprint density at radius 3 is 2.94 bits per heavy atom. The Hall–Kier alpha value is -0.120. The molecule has 1 rings (SSSR count). The maximum Gasteiger partial charge on any atom is 0.0613 e. The molecule has 1 saturated heterocycles. The van der Waals surface area contributed by atoms with Crippen LogP contribution in [-0.2, 0) is 4.74 Å². The Bertz CT molecular complexity index is 175. The topological polar surface area (TPSA) is 24.5 Å². The highest BCUT2D eigenvalue weighted by Crippen LogP contribution is 2.15. The number of ether oxygens (including phenoxy) is 1. The van der Waals surface area contributed by atoms with E-state index in [0.29, 0.717) is 6.04 Å². The largest absolute Gasteiger partial charge is 0.383 e. The Morgan fingerprint density at radius 2 is 2.25 bits per heavy atom. The summed E-state index contributed by atoms with van der Waals surface area (Å²) in [7, 11) is 1.76. The van der Waals surface area contributed by atoms with Crippen molar-refractivity contribution in [2.24, 2.45) is 0 Å². The van der Waals surface area contributed by atoms with Crippen molar-refractivity contribution in [1.29, 1.82) is 0 Å². The van der Waals surface area contributed by atoms with Gasteiger partial charge in [0, 0.05) is 19.2 Å². The third kappa shape index (κ3) is 5.28. The summed E-state index contributed by atoms with van der Waals surface area (Å²) in [5, 5.41) is 3.49. The summed E-state index contributed by atoms with van der Waals surface area (Å²) >= 11 is 0. The fraction of sp³-hybridized carbons (Fsp3) is 1.00. The molecule has 1 heterocycles. The molecular weight excluding hydrogens is 200 g/mol. The molecule has 2 atom stereocenters. The fourth-order valence-corrected chi connectivity index (χ4v) is 2.43. The molecule has 3 heteroatoms. The first-order chi connectivity index (χ1) is 7.74. The van der Waals surface area contributed by atoms with Gasteiger partial charge in [-0.1, -0.05) is 6.42 Å². The average molecular weight is 228 g/mol. The second-order valence-electron chi connectivity index (χ2n) is 5.04. The summed E-state index contributed by atoms with van der Waals surface area (Å²) in [6, 6.07) is 1.27. The molecule has 96 valence electrons. The first kappa shape index (κ1) is 13.9. The maximum atomic E-state index is 5.09. The molecule has 16 heavy (non-hydrogen) atoms. The highest BCUT2D eigenvalue weighted by Gasteiger charge is 2.16. The molecule has 1 N–H and O–H groups in total. The zero-order valence-corrected chi connectivity index (χ0v) is 11.2. The van der Waals surface area contributed by atoms with E-state index in [1.807, 2.05) is 0 Å². The average Bonchev–Trinajstić information content (AvgIpc) is 2.27. The molecule has 0 saturated carbocycles. The van der Waals surface area contributed by atoms with Gasteiger partial charge in [0.15, 0.2) is 0 Å². The first-order valence-electron chi connectivity index (χ1n) is 6.70. The van der Waals surface area contributed by atoms with Crippen molar-refractivity contribution in [2.45, 2.75) is 51.6 Å². The summed E-state index contributed by atoms with van der Waals surface area (Å²) in [6.45, 7) is 8.99. The predicted octanol–water partition coefficient (Wildman–Crippen LogP) is 1.88. The monoisotopic (exact) mass is 228 g/mol. The number of methoxy groups -OCH3 is 1. The van der Waals surface area contributed by atoms with Crippen molar-refractivity contribution >= 4 is 0 Å². The van der Waals surface area contributed by atoms with Crippen molar-refractivity contribution in [3.63, 3.8) is 0 Å². The molecule has 0 spiro atoms. The fourth-order valence-electron chi connectivity index (χ4n) is 2.43. The van der Waals surface area contributed by atoms with Crippen molar-refractivity contribution in [1.82, 2.24) is 10.2 Å². The molecule has 2 unspecified atom stereocenters. The summed E-state index contributed by atoms with van der Waals surface area (Å²) in [6.07, 6.45) is 5.44. The molecule has 0 aromatic rings. The lowest BCUT2D eigenvalue weighted by Crippen LogP contribution is -2.39. The van der Waals surface area contributed by atoms with Gasteiger partial charge in [0.1, 0.15) is 0 Å². The van der Waals surface area contributed by atoms with Crippen LogP contribution in [0.3, 0.4) is 0 Å². The van der Waals surface area contributed by atoms with E-state index in [1.54, 1.807) is 7.11 Å². The molecule has 1 aliphatic heterocycles. The third-order valence-corrected chi connectivity index (χ3v) is 3.47. The summed E-state index contributed by atoms with van der Waals surface area (Å²) in [5.74, 6) is 0. The minimum absolute atomic E-state index is 0.476. The first-order valence-corrected chi connectivity index (χ1v) is 6.70. The molecular formula is C13H28N2O. The quantitative estimate of drug-likeness (QED) is 0.673. The van der Waals surface area contributed by atoms with E-state index in [2.05, 4.69) is 24.1 Å². The number of hydrogen-bond donors (Lipinski definition) is 1. The Morgan fingerprint density at radius 1 is 1.44 bits per heavy atom. The molecule has 3 nitrogen and oxygen atoms in total. The minimum Gasteiger partial charge on any atom is -0.383 e. The van der Waals surface area contributed by atoms with E-state index in [0.717, 1.165) is 19.2 Å². The van der Waals surface area contributed by atoms with Crippen LogP contribution >= 0.6 is 0 Å². The summed E-state index contributed by atoms with van der Waals surface area (Å²) < 4.78 is 5.09. The SMILES string of the molecule is COCC(C)NCCCN1CCCCC1C. The van der Waals surface area contributed by atoms with Crippen LogP contribution in [0.5, 0.6) is 0 Å². The highest BCUT2D eigenvalue weighted by atomic mass is 16.5. The molecule has 0 bridgehead atoms. The van der Waals surface area contributed by atoms with Gasteiger partial charge in [0.05, 0.1) is 6.61 Å². The maximum absolute atomic E-state index is 5.09. The number of hydrogen-bond acceptors (Lipinski definition) is 3. The number of likely N-dealkylation sites (tertiary alicyclic amines) is 1. The van der Waals surface area contributed by atoms with E-state index in [-0.39, 0.29) is 0 Å². The summed E-state index contributed by atoms with van der Waals surface area (Å²) in [4.78, 5) is 2.63. The van der Waals surface area contributed by atoms with Crippen LogP contribution in [0.15, 0.2) is 0 Å². The van der Waals surface area contributed by atoms with Gasteiger partial charge < -0.3 is 15.0 Å². The van der Waals surface area contributed by atoms with Crippen molar-refractivity contribution < 1.29 is 4.74 Å². The van der Waals surface area contributed by atoms with Gasteiger partial charge >= 0.3 is 0 Å². The number of rotatable bonds is 7. The van der Waals surface area contributed by atoms with E-state index in [4.69, 9.17) is 4.74 Å². The Kier molecular flexibility index (Phi) is 7.01. The van der Waals surface area contributed by atoms with Crippen LogP contribution in [0, 0.1) is 0 Å². The molecule has 0 amide bonds. The Labute approximate surface area is 101 Å². The molecule has 0 aromatic heterocycles. The van der Waals surface area contributed by atoms with Gasteiger partial charge in [-0.05, 0) is 52.7 Å². The van der Waals surface area contributed by atoms with Gasteiger partial charge in [-0.15, -0.1) is 0 Å². The lowest BCUT2D eigenvalue weighted by molar-refractivity contribution is 0.153. The number of nitrogens with one attached hydrogen (secondary N) is 1. The summed E-state index contributed by atoms with van der Waals surface area (Å²) in [5.41, 5.74) is 0. The molecule has 0 radical (unpaired) electrons. The van der Waals surface area contributed by atoms with Crippen molar-refractivity contribution in [3.8, 4) is 0 Å². The zero-order valence-electron chi connectivity index (χ0n) is 11.2. The predicted molar refractivity (Wildman–Crippen MR) is 68.8 cm³/mol. The lowest BCUT2D eigenvalue weighted by Gasteiger charge is -2.33. The normalized spacial score (nSPS) is 24.6. The van der Waals surface area contributed by atoms with Gasteiger partial charge in [0.25, 0.3) is 0 Å². The van der Waals surface area contributed by atoms with Gasteiger partial charge in [0.2, 0.25) is 0 Å². The highest BCUT2D eigenvalue weighted by molar-refractivity contribution is 4.73. The number of nitrogens with zero attached hydrogens (tertiary/aromatic N) is 1. The lowest BCUT2D eigenvalue weighted by atomic mass is 10.0. The molecule has 1 fully saturated rings. The molecule has 0 aliphatic carbocycles. The van der Waals surface area contributed by atoms with E-state index in [9.17, 15) is 0 Å². The van der Waals surface area contributed by atoms with E-state index in [1.165, 1.54) is 38.8 Å². The standard InChI is InChI=1S/C13H28N2O/c1-12(11-16-3)14-8-6-10-15-9-5-4-7-13(15)2/h12-14H,4-11H2,1-3H3. The van der Waals surface area contributed by atoms with Crippen LogP contribution in [0.4, 0.5) is 0 Å². The van der Waals surface area contributed by atoms with Crippen LogP contribution in [-0.4, -0.2) is 50.3 Å². The zero-order chi connectivity index (χ0) is 11.8. The van der Waals surface area contributed by atoms with Gasteiger partial charge in [-0.3, -0.25) is 0 Å². The molecule has 1 aliphatic rings. The van der Waals surface area contributed by atoms with Crippen LogP contribution in [0.25, 0.3) is 0 Å². The minimum atomic E-state index is 0.476. The smallest absolute Gasteiger partial charge is 0.0613 e. The van der Waals surface area contributed by atoms with E-state index >= 15 is 0 Å². The number of piperidine rings is 1. The van der Waals surface area contributed by atoms with Crippen LogP contribution < -0.4 is 5.32 Å². The van der Waals surface area contributed by atoms with Crippen molar-refractivity contribution in [3.05, 3.63) is 0 Å². The second-order valence-corrected chi connectivity index (χ2v) is 5.04.